The first-order chi connectivity index (χ1) is 22.5. The molecule has 0 bridgehead atoms. The molecule has 0 radical (unpaired) electrons. The van der Waals surface area contributed by atoms with Crippen LogP contribution in [0.25, 0.3) is 5.69 Å². The second kappa shape index (κ2) is 12.0. The number of hydrogen-bond acceptors (Lipinski definition) is 9. The van der Waals surface area contributed by atoms with Crippen LogP contribution in [0.2, 0.25) is 0 Å². The first-order valence-electron chi connectivity index (χ1n) is 15.0. The minimum atomic E-state index is -0.373. The molecule has 10 heteroatoms. The highest BCUT2D eigenvalue weighted by Gasteiger charge is 2.42. The lowest BCUT2D eigenvalue weighted by molar-refractivity contribution is 0.323. The average Bonchev–Trinajstić information content (AvgIpc) is 3.43. The number of fused-ring (bicyclic) bond motifs is 4. The first-order valence-corrected chi connectivity index (χ1v) is 15.0. The van der Waals surface area contributed by atoms with E-state index in [9.17, 15) is 0 Å². The van der Waals surface area contributed by atoms with Crippen molar-refractivity contribution in [1.82, 2.24) is 9.78 Å². The number of aromatic nitrogens is 2. The van der Waals surface area contributed by atoms with E-state index in [1.165, 1.54) is 0 Å². The Hall–Kier alpha value is -5.77. The maximum absolute atomic E-state index is 5.81. The van der Waals surface area contributed by atoms with Gasteiger partial charge in [-0.1, -0.05) is 30.3 Å². The highest BCUT2D eigenvalue weighted by molar-refractivity contribution is 6.51. The van der Waals surface area contributed by atoms with Gasteiger partial charge in [0.05, 0.1) is 56.7 Å². The summed E-state index contributed by atoms with van der Waals surface area (Å²) in [6.07, 6.45) is 0. The zero-order valence-corrected chi connectivity index (χ0v) is 26.3. The third kappa shape index (κ3) is 4.88. The summed E-state index contributed by atoms with van der Waals surface area (Å²) in [4.78, 5) is 12.6. The van der Waals surface area contributed by atoms with Gasteiger partial charge in [-0.25, -0.2) is 14.7 Å². The third-order valence-corrected chi connectivity index (χ3v) is 8.07. The van der Waals surface area contributed by atoms with Crippen molar-refractivity contribution in [2.75, 3.05) is 38.2 Å². The summed E-state index contributed by atoms with van der Waals surface area (Å²) in [5.41, 5.74) is 6.20. The molecule has 232 valence electrons. The van der Waals surface area contributed by atoms with Gasteiger partial charge in [0.15, 0.2) is 29.0 Å². The molecule has 2 aliphatic rings. The van der Waals surface area contributed by atoms with Crippen LogP contribution in [0.5, 0.6) is 23.0 Å². The van der Waals surface area contributed by atoms with Crippen LogP contribution in [0.15, 0.2) is 101 Å². The normalized spacial score (nSPS) is 14.7. The maximum Gasteiger partial charge on any atom is 0.203 e. The van der Waals surface area contributed by atoms with Gasteiger partial charge in [-0.15, -0.1) is 0 Å². The Morgan fingerprint density at radius 2 is 1.50 bits per heavy atom. The molecule has 7 rings (SSSR count). The third-order valence-electron chi connectivity index (χ3n) is 8.07. The highest BCUT2D eigenvalue weighted by Crippen LogP contribution is 2.50. The van der Waals surface area contributed by atoms with Gasteiger partial charge in [0, 0.05) is 11.3 Å². The van der Waals surface area contributed by atoms with E-state index in [1.807, 2.05) is 103 Å². The molecule has 0 aliphatic carbocycles. The summed E-state index contributed by atoms with van der Waals surface area (Å²) in [5, 5.41) is 8.57. The van der Waals surface area contributed by atoms with E-state index in [0.29, 0.717) is 41.3 Å². The van der Waals surface area contributed by atoms with E-state index in [2.05, 4.69) is 16.3 Å². The lowest BCUT2D eigenvalue weighted by Crippen LogP contribution is -2.46. The Balaban J connectivity index is 1.48. The molecular formula is C36H34N6O4. The lowest BCUT2D eigenvalue weighted by atomic mass is 9.92. The molecule has 4 aromatic carbocycles. The molecule has 5 aromatic rings. The Bertz CT molecular complexity index is 1940. The van der Waals surface area contributed by atoms with Crippen LogP contribution < -0.4 is 29.2 Å². The van der Waals surface area contributed by atoms with Crippen molar-refractivity contribution >= 4 is 34.6 Å². The van der Waals surface area contributed by atoms with Crippen LogP contribution in [0.3, 0.4) is 0 Å². The molecule has 0 saturated heterocycles. The molecule has 1 N–H and O–H groups in total. The number of aliphatic imine (C=N–C) groups is 2. The van der Waals surface area contributed by atoms with E-state index >= 15 is 0 Å². The Morgan fingerprint density at radius 3 is 2.17 bits per heavy atom. The average molecular weight is 615 g/mol. The van der Waals surface area contributed by atoms with Crippen molar-refractivity contribution in [3.8, 4) is 28.7 Å². The van der Waals surface area contributed by atoms with E-state index < -0.39 is 0 Å². The number of nitrogens with zero attached hydrogens (tertiary/aromatic N) is 5. The molecule has 1 aromatic heterocycles. The summed E-state index contributed by atoms with van der Waals surface area (Å²) in [6.45, 7) is 4.59. The maximum atomic E-state index is 5.81. The van der Waals surface area contributed by atoms with Crippen LogP contribution in [0, 0.1) is 6.92 Å². The predicted molar refractivity (Wildman–Crippen MR) is 181 cm³/mol. The fraction of sp³-hybridized carbons (Fsp3) is 0.194. The van der Waals surface area contributed by atoms with Crippen molar-refractivity contribution in [2.45, 2.75) is 19.9 Å². The summed E-state index contributed by atoms with van der Waals surface area (Å²) < 4.78 is 24.9. The van der Waals surface area contributed by atoms with Gasteiger partial charge in [0.25, 0.3) is 0 Å². The van der Waals surface area contributed by atoms with Gasteiger partial charge >= 0.3 is 0 Å². The number of rotatable bonds is 8. The SMILES string of the molecule is CCOc1ccc(NC2=Nc3ccccc3N3C2=Nc2c(c(C)nn2-c2ccccc2)[C@H]3c2cc(OC)c(OC)c(OC)c2)cc1. The van der Waals surface area contributed by atoms with Crippen LogP contribution >= 0.6 is 0 Å². The van der Waals surface area contributed by atoms with Crippen LogP contribution in [-0.2, 0) is 0 Å². The Morgan fingerprint density at radius 1 is 0.804 bits per heavy atom. The Labute approximate surface area is 267 Å². The standard InChI is InChI=1S/C36H34N6O4/c1-6-46-26-18-16-24(17-19-26)37-34-36-39-35-31(22(2)40-42(35)25-12-8-7-9-13-25)32(41(36)28-15-11-10-14-27(28)38-34)23-20-29(43-3)33(45-5)30(21-23)44-4/h7-21,32H,6H2,1-5H3,(H,37,38)/t32-/m1/s1. The minimum Gasteiger partial charge on any atom is -0.494 e. The number of anilines is 2. The largest absolute Gasteiger partial charge is 0.494 e. The van der Waals surface area contributed by atoms with Crippen LogP contribution in [0.1, 0.15) is 29.8 Å². The zero-order chi connectivity index (χ0) is 31.8. The molecule has 0 spiro atoms. The molecule has 46 heavy (non-hydrogen) atoms. The Kier molecular flexibility index (Phi) is 7.53. The molecule has 1 atom stereocenters. The molecule has 0 saturated carbocycles. The van der Waals surface area contributed by atoms with E-state index in [4.69, 9.17) is 34.0 Å². The fourth-order valence-electron chi connectivity index (χ4n) is 6.06. The number of amidine groups is 2. The van der Waals surface area contributed by atoms with Gasteiger partial charge in [-0.3, -0.25) is 0 Å². The van der Waals surface area contributed by atoms with Crippen molar-refractivity contribution in [3.63, 3.8) is 0 Å². The summed E-state index contributed by atoms with van der Waals surface area (Å²) in [5.74, 6) is 4.41. The summed E-state index contributed by atoms with van der Waals surface area (Å²) >= 11 is 0. The van der Waals surface area contributed by atoms with Gasteiger partial charge in [-0.2, -0.15) is 5.10 Å². The number of nitrogens with one attached hydrogen (secondary N) is 1. The van der Waals surface area contributed by atoms with Crippen molar-refractivity contribution < 1.29 is 18.9 Å². The second-order valence-electron chi connectivity index (χ2n) is 10.8. The summed E-state index contributed by atoms with van der Waals surface area (Å²) in [7, 11) is 4.86. The fourth-order valence-corrected chi connectivity index (χ4v) is 6.06. The van der Waals surface area contributed by atoms with Crippen molar-refractivity contribution in [2.24, 2.45) is 9.98 Å². The van der Waals surface area contributed by atoms with E-state index in [-0.39, 0.29) is 6.04 Å². The molecule has 0 fully saturated rings. The number of ether oxygens (including phenoxy) is 4. The topological polar surface area (TPSA) is 94.7 Å². The van der Waals surface area contributed by atoms with Crippen LogP contribution in [0.4, 0.5) is 22.9 Å². The predicted octanol–water partition coefficient (Wildman–Crippen LogP) is 7.40. The molecule has 2 aliphatic heterocycles. The van der Waals surface area contributed by atoms with Gasteiger partial charge in [0.2, 0.25) is 5.75 Å². The molecule has 0 unspecified atom stereocenters. The second-order valence-corrected chi connectivity index (χ2v) is 10.8. The smallest absolute Gasteiger partial charge is 0.203 e. The molecule has 0 amide bonds. The van der Waals surface area contributed by atoms with E-state index in [1.54, 1.807) is 21.3 Å². The lowest BCUT2D eigenvalue weighted by Gasteiger charge is -2.40. The van der Waals surface area contributed by atoms with Crippen LogP contribution in [-0.4, -0.2) is 49.4 Å². The molecular weight excluding hydrogens is 580 g/mol. The number of benzene rings is 4. The van der Waals surface area contributed by atoms with Gasteiger partial charge < -0.3 is 29.2 Å². The minimum absolute atomic E-state index is 0.373. The van der Waals surface area contributed by atoms with Crippen molar-refractivity contribution in [3.05, 3.63) is 108 Å². The quantitative estimate of drug-likeness (QED) is 0.195. The molecule has 10 nitrogen and oxygen atoms in total. The highest BCUT2D eigenvalue weighted by atomic mass is 16.5. The zero-order valence-electron chi connectivity index (χ0n) is 26.3. The van der Waals surface area contributed by atoms with Crippen molar-refractivity contribution in [1.29, 1.82) is 0 Å². The van der Waals surface area contributed by atoms with Gasteiger partial charge in [0.1, 0.15) is 5.75 Å². The monoisotopic (exact) mass is 614 g/mol. The number of aryl methyl sites for hydroxylation is 1. The number of para-hydroxylation sites is 3. The first kappa shape index (κ1) is 29.0. The van der Waals surface area contributed by atoms with Gasteiger partial charge in [-0.05, 0) is 80.1 Å². The molecule has 3 heterocycles. The number of hydrogen-bond donors (Lipinski definition) is 1. The van der Waals surface area contributed by atoms with E-state index in [0.717, 1.165) is 45.3 Å². The number of methoxy groups -OCH3 is 3. The summed E-state index contributed by atoms with van der Waals surface area (Å²) in [6, 6.07) is 29.5.